The van der Waals surface area contributed by atoms with Gasteiger partial charge >= 0.3 is 0 Å². The maximum atomic E-state index is 4.80. The molecule has 5 heterocycles. The van der Waals surface area contributed by atoms with E-state index in [0.717, 1.165) is 51.6 Å². The Hall–Kier alpha value is -4.25. The lowest BCUT2D eigenvalue weighted by molar-refractivity contribution is -0.648. The highest BCUT2D eigenvalue weighted by Crippen LogP contribution is 2.38. The third-order valence-electron chi connectivity index (χ3n) is 6.08. The fraction of sp³-hybridized carbons (Fsp3) is 0.0385. The van der Waals surface area contributed by atoms with Gasteiger partial charge in [-0.2, -0.15) is 0 Å². The fourth-order valence-corrected chi connectivity index (χ4v) is 4.85. The Morgan fingerprint density at radius 3 is 2.13 bits per heavy atom. The summed E-state index contributed by atoms with van der Waals surface area (Å²) < 4.78 is 7.01. The van der Waals surface area contributed by atoms with Crippen molar-refractivity contribution in [3.8, 4) is 22.9 Å². The molecule has 0 atom stereocenters. The monoisotopic (exact) mass is 400 g/mol. The molecule has 5 heteroatoms. The number of pyridine rings is 2. The molecule has 4 aromatic heterocycles. The Kier molecular flexibility index (Phi) is 3.27. The van der Waals surface area contributed by atoms with E-state index in [1.165, 1.54) is 5.56 Å². The lowest BCUT2D eigenvalue weighted by Crippen LogP contribution is -2.33. The zero-order valence-electron chi connectivity index (χ0n) is 16.7. The standard InChI is InChI=1S/C26H18N5/c1-3-10-19(11-4-1)30-23-21-14-8-16-28-24(21)31(20-12-5-2-6-13-20)26(23)29-17-18-9-7-15-27-22(18)25(29)30/h1-16H,17H2/q+1. The average Bonchev–Trinajstić information content (AvgIpc) is 3.47. The molecule has 0 saturated carbocycles. The van der Waals surface area contributed by atoms with E-state index in [1.807, 2.05) is 30.6 Å². The number of aromatic nitrogens is 5. The van der Waals surface area contributed by atoms with Gasteiger partial charge < -0.3 is 0 Å². The third-order valence-corrected chi connectivity index (χ3v) is 6.08. The second kappa shape index (κ2) is 6.12. The molecule has 0 bridgehead atoms. The van der Waals surface area contributed by atoms with Gasteiger partial charge in [0, 0.05) is 18.0 Å². The SMILES string of the molecule is c1ccc(-n2c3[n+](c4c2c2cccnc2n4-c2ccccc2)Cc2cccnc2-3)cc1. The molecule has 5 nitrogen and oxygen atoms in total. The third kappa shape index (κ3) is 2.17. The van der Waals surface area contributed by atoms with Gasteiger partial charge in [-0.3, -0.25) is 0 Å². The van der Waals surface area contributed by atoms with Crippen molar-refractivity contribution in [2.75, 3.05) is 0 Å². The molecular formula is C26H18N5+. The van der Waals surface area contributed by atoms with Gasteiger partial charge in [-0.15, -0.1) is 0 Å². The minimum absolute atomic E-state index is 0.790. The van der Waals surface area contributed by atoms with E-state index in [9.17, 15) is 0 Å². The number of para-hydroxylation sites is 2. The van der Waals surface area contributed by atoms with Crippen LogP contribution >= 0.6 is 0 Å². The molecule has 7 rings (SSSR count). The van der Waals surface area contributed by atoms with Gasteiger partial charge in [0.05, 0.1) is 11.9 Å². The van der Waals surface area contributed by atoms with E-state index in [-0.39, 0.29) is 0 Å². The molecule has 6 aromatic rings. The molecule has 0 unspecified atom stereocenters. The number of benzene rings is 2. The van der Waals surface area contributed by atoms with E-state index in [2.05, 4.69) is 80.4 Å². The predicted octanol–water partition coefficient (Wildman–Crippen LogP) is 4.68. The van der Waals surface area contributed by atoms with Gasteiger partial charge in [-0.05, 0) is 42.5 Å². The molecule has 146 valence electrons. The summed E-state index contributed by atoms with van der Waals surface area (Å²) in [5.41, 5.74) is 7.76. The van der Waals surface area contributed by atoms with E-state index >= 15 is 0 Å². The first kappa shape index (κ1) is 16.5. The van der Waals surface area contributed by atoms with E-state index in [1.54, 1.807) is 0 Å². The molecular weight excluding hydrogens is 382 g/mol. The number of imidazole rings is 1. The summed E-state index contributed by atoms with van der Waals surface area (Å²) in [6, 6.07) is 29.4. The smallest absolute Gasteiger partial charge is 0.249 e. The lowest BCUT2D eigenvalue weighted by Gasteiger charge is -2.04. The highest BCUT2D eigenvalue weighted by molar-refractivity contribution is 6.05. The average molecular weight is 400 g/mol. The van der Waals surface area contributed by atoms with Gasteiger partial charge in [0.25, 0.3) is 11.5 Å². The highest BCUT2D eigenvalue weighted by Gasteiger charge is 2.38. The molecule has 0 fully saturated rings. The molecule has 0 radical (unpaired) electrons. The van der Waals surface area contributed by atoms with Gasteiger partial charge in [-0.25, -0.2) is 23.7 Å². The molecule has 2 aromatic carbocycles. The summed E-state index contributed by atoms with van der Waals surface area (Å²) in [6.45, 7) is 0.790. The van der Waals surface area contributed by atoms with Crippen LogP contribution in [0.1, 0.15) is 5.56 Å². The first-order valence-corrected chi connectivity index (χ1v) is 10.4. The second-order valence-electron chi connectivity index (χ2n) is 7.81. The van der Waals surface area contributed by atoms with Crippen molar-refractivity contribution in [3.05, 3.63) is 103 Å². The van der Waals surface area contributed by atoms with Crippen LogP contribution in [0, 0.1) is 0 Å². The van der Waals surface area contributed by atoms with Crippen molar-refractivity contribution in [2.24, 2.45) is 0 Å². The van der Waals surface area contributed by atoms with Gasteiger partial charge in [0.15, 0.2) is 5.52 Å². The zero-order valence-corrected chi connectivity index (χ0v) is 16.7. The Bertz CT molecular complexity index is 1590. The van der Waals surface area contributed by atoms with Gasteiger partial charge in [0.1, 0.15) is 17.1 Å². The van der Waals surface area contributed by atoms with Crippen LogP contribution in [0.4, 0.5) is 0 Å². The number of hydrogen-bond donors (Lipinski definition) is 0. The lowest BCUT2D eigenvalue weighted by atomic mass is 10.2. The molecule has 1 aliphatic heterocycles. The summed E-state index contributed by atoms with van der Waals surface area (Å²) in [5.74, 6) is 1.11. The van der Waals surface area contributed by atoms with Crippen LogP contribution in [0.25, 0.3) is 45.1 Å². The topological polar surface area (TPSA) is 39.5 Å². The minimum atomic E-state index is 0.790. The molecule has 0 saturated heterocycles. The number of hydrogen-bond acceptors (Lipinski definition) is 2. The number of nitrogens with zero attached hydrogens (tertiary/aromatic N) is 5. The molecule has 31 heavy (non-hydrogen) atoms. The number of fused-ring (bicyclic) bond motifs is 7. The van der Waals surface area contributed by atoms with Crippen molar-refractivity contribution >= 4 is 22.2 Å². The first-order chi connectivity index (χ1) is 15.4. The predicted molar refractivity (Wildman–Crippen MR) is 120 cm³/mol. The Morgan fingerprint density at radius 2 is 1.35 bits per heavy atom. The summed E-state index contributed by atoms with van der Waals surface area (Å²) in [5, 5.41) is 1.13. The van der Waals surface area contributed by atoms with Crippen molar-refractivity contribution < 1.29 is 4.57 Å². The second-order valence-corrected chi connectivity index (χ2v) is 7.81. The van der Waals surface area contributed by atoms with Crippen LogP contribution in [0.2, 0.25) is 0 Å². The summed E-state index contributed by atoms with van der Waals surface area (Å²) in [7, 11) is 0. The number of rotatable bonds is 2. The highest BCUT2D eigenvalue weighted by atomic mass is 15.3. The van der Waals surface area contributed by atoms with Crippen molar-refractivity contribution in [2.45, 2.75) is 6.54 Å². The molecule has 0 aliphatic carbocycles. The maximum absolute atomic E-state index is 4.80. The van der Waals surface area contributed by atoms with Crippen molar-refractivity contribution in [3.63, 3.8) is 0 Å². The normalized spacial score (nSPS) is 12.4. The molecule has 0 spiro atoms. The largest absolute Gasteiger partial charge is 0.276 e. The zero-order chi connectivity index (χ0) is 20.4. The Morgan fingerprint density at radius 1 is 0.677 bits per heavy atom. The van der Waals surface area contributed by atoms with E-state index < -0.39 is 0 Å². The van der Waals surface area contributed by atoms with Crippen LogP contribution in [-0.2, 0) is 6.54 Å². The molecule has 0 N–H and O–H groups in total. The fourth-order valence-electron chi connectivity index (χ4n) is 4.85. The van der Waals surface area contributed by atoms with Crippen LogP contribution in [0.3, 0.4) is 0 Å². The Balaban J connectivity index is 1.73. The maximum Gasteiger partial charge on any atom is 0.276 e. The summed E-state index contributed by atoms with van der Waals surface area (Å²) >= 11 is 0. The van der Waals surface area contributed by atoms with E-state index in [4.69, 9.17) is 9.97 Å². The van der Waals surface area contributed by atoms with Crippen LogP contribution in [0.5, 0.6) is 0 Å². The van der Waals surface area contributed by atoms with E-state index in [0.29, 0.717) is 0 Å². The Labute approximate surface area is 178 Å². The first-order valence-electron chi connectivity index (χ1n) is 10.4. The van der Waals surface area contributed by atoms with Gasteiger partial charge in [0.2, 0.25) is 5.65 Å². The minimum Gasteiger partial charge on any atom is -0.249 e. The molecule has 0 amide bonds. The molecule has 1 aliphatic rings. The quantitative estimate of drug-likeness (QED) is 0.395. The summed E-state index contributed by atoms with van der Waals surface area (Å²) in [6.07, 6.45) is 3.75. The van der Waals surface area contributed by atoms with Crippen molar-refractivity contribution in [1.82, 2.24) is 19.1 Å². The van der Waals surface area contributed by atoms with Crippen LogP contribution in [-0.4, -0.2) is 19.1 Å². The summed E-state index contributed by atoms with van der Waals surface area (Å²) in [4.78, 5) is 9.57. The van der Waals surface area contributed by atoms with Crippen LogP contribution in [0.15, 0.2) is 97.3 Å². The van der Waals surface area contributed by atoms with Crippen molar-refractivity contribution in [1.29, 1.82) is 0 Å². The van der Waals surface area contributed by atoms with Gasteiger partial charge in [-0.1, -0.05) is 42.5 Å². The van der Waals surface area contributed by atoms with Crippen LogP contribution < -0.4 is 4.57 Å².